The Labute approximate surface area is 117 Å². The summed E-state index contributed by atoms with van der Waals surface area (Å²) in [4.78, 5) is 0. The quantitative estimate of drug-likeness (QED) is 0.654. The predicted molar refractivity (Wildman–Crippen MR) is 77.1 cm³/mol. The summed E-state index contributed by atoms with van der Waals surface area (Å²) in [5, 5.41) is 3.14. The minimum absolute atomic E-state index is 0.446. The molecule has 1 aliphatic carbocycles. The Balaban J connectivity index is 1.73. The van der Waals surface area contributed by atoms with Crippen LogP contribution < -0.4 is 10.0 Å². The van der Waals surface area contributed by atoms with E-state index in [9.17, 15) is 8.42 Å². The van der Waals surface area contributed by atoms with Crippen LogP contribution >= 0.6 is 0 Å². The van der Waals surface area contributed by atoms with Gasteiger partial charge in [-0.1, -0.05) is 12.8 Å². The van der Waals surface area contributed by atoms with Crippen molar-refractivity contribution in [3.63, 3.8) is 0 Å². The fourth-order valence-corrected chi connectivity index (χ4v) is 4.15. The Kier molecular flexibility index (Phi) is 5.62. The van der Waals surface area contributed by atoms with Gasteiger partial charge in [0.1, 0.15) is 0 Å². The normalized spacial score (nSPS) is 25.6. The fourth-order valence-electron chi connectivity index (χ4n) is 2.79. The Morgan fingerprint density at radius 2 is 2.00 bits per heavy atom. The fraction of sp³-hybridized carbons (Fsp3) is 1.00. The summed E-state index contributed by atoms with van der Waals surface area (Å²) in [6, 6.07) is 0. The third-order valence-corrected chi connectivity index (χ3v) is 5.67. The van der Waals surface area contributed by atoms with Crippen molar-refractivity contribution in [1.29, 1.82) is 0 Å². The zero-order chi connectivity index (χ0) is 13.7. The van der Waals surface area contributed by atoms with Gasteiger partial charge < -0.3 is 5.32 Å². The second kappa shape index (κ2) is 7.02. The molecule has 1 aliphatic heterocycles. The molecule has 2 N–H and O–H groups in total. The van der Waals surface area contributed by atoms with Gasteiger partial charge in [0.15, 0.2) is 0 Å². The molecular formula is C13H27N3O2S. The Morgan fingerprint density at radius 3 is 2.68 bits per heavy atom. The Hall–Kier alpha value is -0.170. The van der Waals surface area contributed by atoms with Crippen LogP contribution in [0.3, 0.4) is 0 Å². The van der Waals surface area contributed by atoms with Crippen molar-refractivity contribution in [2.75, 3.05) is 33.2 Å². The molecule has 0 spiro atoms. The van der Waals surface area contributed by atoms with Crippen molar-refractivity contribution in [2.24, 2.45) is 11.8 Å². The van der Waals surface area contributed by atoms with E-state index in [-0.39, 0.29) is 0 Å². The van der Waals surface area contributed by atoms with Gasteiger partial charge in [-0.25, -0.2) is 4.72 Å². The van der Waals surface area contributed by atoms with E-state index in [2.05, 4.69) is 10.0 Å². The van der Waals surface area contributed by atoms with E-state index in [1.807, 2.05) is 7.05 Å². The second-order valence-electron chi connectivity index (χ2n) is 5.91. The van der Waals surface area contributed by atoms with Crippen LogP contribution in [0.25, 0.3) is 0 Å². The highest BCUT2D eigenvalue weighted by Gasteiger charge is 2.28. The standard InChI is InChI=1S/C13H27N3O2S/c1-14-10-13-5-3-9-16(11-13)19(17,18)15-8-2-4-12-6-7-12/h12-15H,2-11H2,1H3. The molecule has 0 amide bonds. The van der Waals surface area contributed by atoms with Gasteiger partial charge in [0.05, 0.1) is 0 Å². The molecule has 2 rings (SSSR count). The largest absolute Gasteiger partial charge is 0.319 e. The number of nitrogens with zero attached hydrogens (tertiary/aromatic N) is 1. The van der Waals surface area contributed by atoms with Crippen LogP contribution in [0, 0.1) is 11.8 Å². The maximum atomic E-state index is 12.2. The molecule has 2 aliphatic rings. The number of nitrogens with one attached hydrogen (secondary N) is 2. The lowest BCUT2D eigenvalue weighted by molar-refractivity contribution is 0.261. The molecule has 19 heavy (non-hydrogen) atoms. The van der Waals surface area contributed by atoms with E-state index in [0.29, 0.717) is 25.6 Å². The second-order valence-corrected chi connectivity index (χ2v) is 7.66. The van der Waals surface area contributed by atoms with Crippen LogP contribution in [0.4, 0.5) is 0 Å². The van der Waals surface area contributed by atoms with E-state index in [1.165, 1.54) is 19.3 Å². The predicted octanol–water partition coefficient (Wildman–Crippen LogP) is 0.942. The van der Waals surface area contributed by atoms with Crippen molar-refractivity contribution in [3.05, 3.63) is 0 Å². The topological polar surface area (TPSA) is 61.4 Å². The minimum Gasteiger partial charge on any atom is -0.319 e. The maximum Gasteiger partial charge on any atom is 0.279 e. The van der Waals surface area contributed by atoms with Crippen LogP contribution in [0.15, 0.2) is 0 Å². The average molecular weight is 289 g/mol. The maximum absolute atomic E-state index is 12.2. The molecule has 5 nitrogen and oxygen atoms in total. The zero-order valence-electron chi connectivity index (χ0n) is 11.9. The van der Waals surface area contributed by atoms with Crippen LogP contribution in [-0.2, 0) is 10.2 Å². The monoisotopic (exact) mass is 289 g/mol. The Bertz CT molecular complexity index is 366. The molecule has 2 fully saturated rings. The van der Waals surface area contributed by atoms with Gasteiger partial charge in [0, 0.05) is 19.6 Å². The van der Waals surface area contributed by atoms with Crippen molar-refractivity contribution < 1.29 is 8.42 Å². The van der Waals surface area contributed by atoms with E-state index in [4.69, 9.17) is 0 Å². The summed E-state index contributed by atoms with van der Waals surface area (Å²) >= 11 is 0. The molecule has 0 aromatic heterocycles. The third-order valence-electron chi connectivity index (χ3n) is 4.08. The molecule has 112 valence electrons. The lowest BCUT2D eigenvalue weighted by Gasteiger charge is -2.31. The summed E-state index contributed by atoms with van der Waals surface area (Å²) in [5.74, 6) is 1.32. The Morgan fingerprint density at radius 1 is 1.21 bits per heavy atom. The van der Waals surface area contributed by atoms with Gasteiger partial charge in [-0.05, 0) is 51.1 Å². The highest BCUT2D eigenvalue weighted by atomic mass is 32.2. The number of rotatable bonds is 8. The lowest BCUT2D eigenvalue weighted by atomic mass is 10.00. The molecule has 0 bridgehead atoms. The smallest absolute Gasteiger partial charge is 0.279 e. The van der Waals surface area contributed by atoms with Crippen molar-refractivity contribution in [3.8, 4) is 0 Å². The van der Waals surface area contributed by atoms with Crippen LogP contribution in [-0.4, -0.2) is 45.9 Å². The third kappa shape index (κ3) is 5.02. The van der Waals surface area contributed by atoms with Gasteiger partial charge in [0.2, 0.25) is 0 Å². The first-order valence-electron chi connectivity index (χ1n) is 7.51. The van der Waals surface area contributed by atoms with Crippen molar-refractivity contribution in [2.45, 2.75) is 38.5 Å². The van der Waals surface area contributed by atoms with Crippen LogP contribution in [0.2, 0.25) is 0 Å². The molecule has 0 radical (unpaired) electrons. The first-order chi connectivity index (χ1) is 9.12. The number of piperidine rings is 1. The molecule has 1 unspecified atom stereocenters. The molecule has 0 aromatic rings. The van der Waals surface area contributed by atoms with Gasteiger partial charge in [-0.15, -0.1) is 0 Å². The summed E-state index contributed by atoms with van der Waals surface area (Å²) < 4.78 is 28.8. The number of hydrogen-bond acceptors (Lipinski definition) is 3. The van der Waals surface area contributed by atoms with Gasteiger partial charge >= 0.3 is 0 Å². The van der Waals surface area contributed by atoms with E-state index in [1.54, 1.807) is 4.31 Å². The first kappa shape index (κ1) is 15.2. The number of hydrogen-bond donors (Lipinski definition) is 2. The SMILES string of the molecule is CNCC1CCCN(S(=O)(=O)NCCCC2CC2)C1. The molecule has 1 heterocycles. The van der Waals surface area contributed by atoms with Crippen molar-refractivity contribution in [1.82, 2.24) is 14.3 Å². The zero-order valence-corrected chi connectivity index (χ0v) is 12.7. The van der Waals surface area contributed by atoms with Gasteiger partial charge in [-0.3, -0.25) is 0 Å². The van der Waals surface area contributed by atoms with E-state index in [0.717, 1.165) is 31.7 Å². The molecule has 1 saturated heterocycles. The molecular weight excluding hydrogens is 262 g/mol. The van der Waals surface area contributed by atoms with Gasteiger partial charge in [-0.2, -0.15) is 12.7 Å². The minimum atomic E-state index is -3.26. The summed E-state index contributed by atoms with van der Waals surface area (Å²) in [6.45, 7) is 2.80. The highest BCUT2D eigenvalue weighted by Crippen LogP contribution is 2.33. The lowest BCUT2D eigenvalue weighted by Crippen LogP contribution is -2.47. The van der Waals surface area contributed by atoms with Gasteiger partial charge in [0.25, 0.3) is 10.2 Å². The molecule has 0 aromatic carbocycles. The van der Waals surface area contributed by atoms with E-state index < -0.39 is 10.2 Å². The van der Waals surface area contributed by atoms with Crippen molar-refractivity contribution >= 4 is 10.2 Å². The van der Waals surface area contributed by atoms with Crippen LogP contribution in [0.5, 0.6) is 0 Å². The molecule has 6 heteroatoms. The first-order valence-corrected chi connectivity index (χ1v) is 8.95. The summed E-state index contributed by atoms with van der Waals surface area (Å²) in [5.41, 5.74) is 0. The molecule has 1 saturated carbocycles. The summed E-state index contributed by atoms with van der Waals surface area (Å²) in [7, 11) is -1.34. The average Bonchev–Trinajstić information content (AvgIpc) is 3.20. The van der Waals surface area contributed by atoms with E-state index >= 15 is 0 Å². The van der Waals surface area contributed by atoms with Crippen LogP contribution in [0.1, 0.15) is 38.5 Å². The molecule has 1 atom stereocenters. The summed E-state index contributed by atoms with van der Waals surface area (Å²) in [6.07, 6.45) is 6.90. The highest BCUT2D eigenvalue weighted by molar-refractivity contribution is 7.87.